The summed E-state index contributed by atoms with van der Waals surface area (Å²) in [5, 5.41) is 15.4. The van der Waals surface area contributed by atoms with Crippen LogP contribution in [-0.4, -0.2) is 74.7 Å². The lowest BCUT2D eigenvalue weighted by Crippen LogP contribution is -2.53. The number of benzene rings is 1. The highest BCUT2D eigenvalue weighted by Gasteiger charge is 2.37. The van der Waals surface area contributed by atoms with Gasteiger partial charge in [0.15, 0.2) is 12.0 Å². The van der Waals surface area contributed by atoms with Gasteiger partial charge in [-0.15, -0.1) is 0 Å². The van der Waals surface area contributed by atoms with Crippen molar-refractivity contribution in [2.75, 3.05) is 25.0 Å². The van der Waals surface area contributed by atoms with Crippen molar-refractivity contribution in [2.45, 2.75) is 44.5 Å². The standard InChI is InChI=1S/C27H27FN8O4/c1-2-39-24-8-4-18(13-30-24)33-27-32-15-31-25(35-27)16-3-6-21(17(11-16)12-29)40-22-9-10-36(14-19(22)28)26(38)20-5-7-23(37)34-20/h3-4,6,8,11,13,15,19-20,22H,2,5,7,9-10,14H2,1H3,(H,34,37)(H,31,32,33,35)/t19-,20+,22+/m1/s1. The maximum absolute atomic E-state index is 15.0. The van der Waals surface area contributed by atoms with E-state index in [1.165, 1.54) is 11.2 Å². The van der Waals surface area contributed by atoms with Crippen molar-refractivity contribution in [3.8, 4) is 29.1 Å². The third-order valence-electron chi connectivity index (χ3n) is 6.58. The molecule has 0 radical (unpaired) electrons. The zero-order valence-corrected chi connectivity index (χ0v) is 21.7. The van der Waals surface area contributed by atoms with Crippen molar-refractivity contribution < 1.29 is 23.5 Å². The summed E-state index contributed by atoms with van der Waals surface area (Å²) in [5.74, 6) is 0.902. The normalized spacial score (nSPS) is 20.4. The number of nitriles is 1. The maximum Gasteiger partial charge on any atom is 0.245 e. The van der Waals surface area contributed by atoms with Crippen molar-refractivity contribution >= 4 is 23.5 Å². The Bertz CT molecular complexity index is 1430. The van der Waals surface area contributed by atoms with E-state index in [1.807, 2.05) is 6.92 Å². The van der Waals surface area contributed by atoms with Crippen LogP contribution in [0.1, 0.15) is 31.7 Å². The van der Waals surface area contributed by atoms with E-state index in [0.717, 1.165) is 0 Å². The van der Waals surface area contributed by atoms with Gasteiger partial charge in [-0.3, -0.25) is 9.59 Å². The minimum Gasteiger partial charge on any atom is -0.486 e. The van der Waals surface area contributed by atoms with Crippen LogP contribution in [0.15, 0.2) is 42.9 Å². The minimum atomic E-state index is -1.45. The van der Waals surface area contributed by atoms with Crippen molar-refractivity contribution in [3.63, 3.8) is 0 Å². The van der Waals surface area contributed by atoms with E-state index in [-0.39, 0.29) is 42.0 Å². The quantitative estimate of drug-likeness (QED) is 0.431. The Balaban J connectivity index is 1.24. The molecule has 2 aliphatic heterocycles. The molecule has 206 valence electrons. The summed E-state index contributed by atoms with van der Waals surface area (Å²) in [6.07, 6.45) is 1.64. The molecular weight excluding hydrogens is 519 g/mol. The summed E-state index contributed by atoms with van der Waals surface area (Å²) >= 11 is 0. The second-order valence-electron chi connectivity index (χ2n) is 9.30. The monoisotopic (exact) mass is 546 g/mol. The van der Waals surface area contributed by atoms with Crippen LogP contribution in [0, 0.1) is 11.3 Å². The molecule has 40 heavy (non-hydrogen) atoms. The van der Waals surface area contributed by atoms with Gasteiger partial charge in [0.2, 0.25) is 23.6 Å². The van der Waals surface area contributed by atoms with Crippen LogP contribution in [0.4, 0.5) is 16.0 Å². The Labute approximate surface area is 229 Å². The number of rotatable bonds is 8. The molecule has 0 aliphatic carbocycles. The molecule has 13 heteroatoms. The topological polar surface area (TPSA) is 155 Å². The smallest absolute Gasteiger partial charge is 0.245 e. The van der Waals surface area contributed by atoms with Crippen LogP contribution in [0.3, 0.4) is 0 Å². The van der Waals surface area contributed by atoms with E-state index in [4.69, 9.17) is 9.47 Å². The molecule has 0 unspecified atom stereocenters. The molecule has 0 saturated carbocycles. The fraction of sp³-hybridized carbons (Fsp3) is 0.370. The number of ether oxygens (including phenoxy) is 2. The summed E-state index contributed by atoms with van der Waals surface area (Å²) < 4.78 is 26.3. The Kier molecular flexibility index (Phi) is 7.95. The lowest BCUT2D eigenvalue weighted by atomic mass is 10.0. The molecule has 3 aromatic rings. The molecule has 2 amide bonds. The number of hydrogen-bond acceptors (Lipinski definition) is 10. The Hall–Kier alpha value is -4.86. The number of alkyl halides is 1. The van der Waals surface area contributed by atoms with Crippen LogP contribution in [0.25, 0.3) is 11.4 Å². The maximum atomic E-state index is 15.0. The molecule has 2 fully saturated rings. The van der Waals surface area contributed by atoms with Crippen LogP contribution in [0.5, 0.6) is 11.6 Å². The fourth-order valence-corrected chi connectivity index (χ4v) is 4.57. The number of carbonyl (C=O) groups is 2. The molecule has 2 aromatic heterocycles. The number of likely N-dealkylation sites (tertiary alicyclic amines) is 1. The highest BCUT2D eigenvalue weighted by molar-refractivity contribution is 5.90. The van der Waals surface area contributed by atoms with E-state index < -0.39 is 18.3 Å². The van der Waals surface area contributed by atoms with Gasteiger partial charge in [-0.1, -0.05) is 0 Å². The van der Waals surface area contributed by atoms with Gasteiger partial charge < -0.3 is 25.0 Å². The number of hydrogen-bond donors (Lipinski definition) is 2. The summed E-state index contributed by atoms with van der Waals surface area (Å²) in [5.41, 5.74) is 1.40. The Morgan fingerprint density at radius 1 is 1.25 bits per heavy atom. The average Bonchev–Trinajstić information content (AvgIpc) is 3.41. The average molecular weight is 547 g/mol. The third kappa shape index (κ3) is 6.06. The minimum absolute atomic E-state index is 0.139. The zero-order chi connectivity index (χ0) is 28.1. The van der Waals surface area contributed by atoms with Gasteiger partial charge in [0, 0.05) is 31.0 Å². The van der Waals surface area contributed by atoms with E-state index in [1.54, 1.807) is 36.5 Å². The Morgan fingerprint density at radius 2 is 2.12 bits per heavy atom. The first-order valence-corrected chi connectivity index (χ1v) is 12.9. The Morgan fingerprint density at radius 3 is 2.83 bits per heavy atom. The summed E-state index contributed by atoms with van der Waals surface area (Å²) in [7, 11) is 0. The second-order valence-corrected chi connectivity index (χ2v) is 9.30. The molecule has 5 rings (SSSR count). The fourth-order valence-electron chi connectivity index (χ4n) is 4.57. The van der Waals surface area contributed by atoms with Crippen molar-refractivity contribution in [2.24, 2.45) is 0 Å². The summed E-state index contributed by atoms with van der Waals surface area (Å²) in [6.45, 7) is 2.55. The van der Waals surface area contributed by atoms with Gasteiger partial charge in [-0.25, -0.2) is 19.3 Å². The highest BCUT2D eigenvalue weighted by Crippen LogP contribution is 2.29. The van der Waals surface area contributed by atoms with Crippen molar-refractivity contribution in [1.82, 2.24) is 30.2 Å². The predicted octanol–water partition coefficient (Wildman–Crippen LogP) is 2.54. The first-order valence-electron chi connectivity index (χ1n) is 12.9. The van der Waals surface area contributed by atoms with Crippen LogP contribution in [-0.2, 0) is 9.59 Å². The van der Waals surface area contributed by atoms with Crippen LogP contribution >= 0.6 is 0 Å². The van der Waals surface area contributed by atoms with E-state index in [9.17, 15) is 14.9 Å². The number of nitrogens with one attached hydrogen (secondary N) is 2. The molecule has 2 N–H and O–H groups in total. The van der Waals surface area contributed by atoms with Crippen molar-refractivity contribution in [1.29, 1.82) is 5.26 Å². The lowest BCUT2D eigenvalue weighted by Gasteiger charge is -2.36. The molecule has 12 nitrogen and oxygen atoms in total. The van der Waals surface area contributed by atoms with Crippen LogP contribution < -0.4 is 20.1 Å². The molecule has 0 bridgehead atoms. The van der Waals surface area contributed by atoms with Gasteiger partial charge in [0.25, 0.3) is 0 Å². The van der Waals surface area contributed by atoms with E-state index >= 15 is 4.39 Å². The van der Waals surface area contributed by atoms with Gasteiger partial charge >= 0.3 is 0 Å². The number of piperidine rings is 1. The summed E-state index contributed by atoms with van der Waals surface area (Å²) in [6, 6.07) is 9.84. The summed E-state index contributed by atoms with van der Waals surface area (Å²) in [4.78, 5) is 42.5. The number of halogens is 1. The lowest BCUT2D eigenvalue weighted by molar-refractivity contribution is -0.138. The number of amides is 2. The number of nitrogens with zero attached hydrogens (tertiary/aromatic N) is 6. The van der Waals surface area contributed by atoms with Crippen molar-refractivity contribution in [3.05, 3.63) is 48.4 Å². The number of carbonyl (C=O) groups excluding carboxylic acids is 2. The predicted molar refractivity (Wildman–Crippen MR) is 140 cm³/mol. The molecule has 0 spiro atoms. The first-order chi connectivity index (χ1) is 19.4. The number of aromatic nitrogens is 4. The second kappa shape index (κ2) is 11.9. The van der Waals surface area contributed by atoms with E-state index in [2.05, 4.69) is 36.6 Å². The van der Waals surface area contributed by atoms with E-state index in [0.29, 0.717) is 48.9 Å². The SMILES string of the molecule is CCOc1ccc(Nc2ncnc(-c3ccc(O[C@H]4CCN(C(=O)[C@@H]5CCC(=O)N5)C[C@H]4F)c(C#N)c3)n2)cn1. The molecule has 2 saturated heterocycles. The molecule has 4 heterocycles. The van der Waals surface area contributed by atoms with Gasteiger partial charge in [0.05, 0.1) is 30.6 Å². The van der Waals surface area contributed by atoms with Gasteiger partial charge in [-0.05, 0) is 37.6 Å². The highest BCUT2D eigenvalue weighted by atomic mass is 19.1. The zero-order valence-electron chi connectivity index (χ0n) is 21.7. The largest absolute Gasteiger partial charge is 0.486 e. The molecular formula is C27H27FN8O4. The molecule has 3 atom stereocenters. The van der Waals surface area contributed by atoms with Gasteiger partial charge in [-0.2, -0.15) is 10.2 Å². The number of anilines is 2. The van der Waals surface area contributed by atoms with Crippen LogP contribution in [0.2, 0.25) is 0 Å². The molecule has 2 aliphatic rings. The first kappa shape index (κ1) is 26.7. The number of pyridine rings is 1. The van der Waals surface area contributed by atoms with Gasteiger partial charge in [0.1, 0.15) is 30.3 Å². The molecule has 1 aromatic carbocycles. The third-order valence-corrected chi connectivity index (χ3v) is 6.58.